The van der Waals surface area contributed by atoms with Crippen LogP contribution >= 0.6 is 0 Å². The Kier molecular flexibility index (Phi) is 4.74. The molecule has 0 aliphatic rings. The Balaban J connectivity index is 3.38. The SMILES string of the molecule is CCCC(C)CNC(C)(C)C. The normalized spacial score (nSPS) is 15.0. The molecule has 0 spiro atoms. The van der Waals surface area contributed by atoms with Gasteiger partial charge < -0.3 is 5.32 Å². The molecule has 0 saturated carbocycles. The quantitative estimate of drug-likeness (QED) is 0.661. The van der Waals surface area contributed by atoms with Crippen molar-refractivity contribution in [1.82, 2.24) is 5.32 Å². The molecule has 1 atom stereocenters. The Bertz CT molecular complexity index is 91.5. The number of hydrogen-bond acceptors (Lipinski definition) is 1. The van der Waals surface area contributed by atoms with Gasteiger partial charge >= 0.3 is 0 Å². The zero-order valence-electron chi connectivity index (χ0n) is 8.70. The van der Waals surface area contributed by atoms with Crippen LogP contribution < -0.4 is 5.32 Å². The standard InChI is InChI=1S/C10H23N/c1-6-7-9(2)8-11-10(3,4)5/h9,11H,6-8H2,1-5H3. The van der Waals surface area contributed by atoms with Crippen molar-refractivity contribution < 1.29 is 0 Å². The van der Waals surface area contributed by atoms with Crippen LogP contribution in [0.4, 0.5) is 0 Å². The third-order valence-corrected chi connectivity index (χ3v) is 1.76. The summed E-state index contributed by atoms with van der Waals surface area (Å²) in [5, 5.41) is 3.51. The maximum absolute atomic E-state index is 3.51. The van der Waals surface area contributed by atoms with Crippen LogP contribution in [-0.4, -0.2) is 12.1 Å². The van der Waals surface area contributed by atoms with Gasteiger partial charge in [0.15, 0.2) is 0 Å². The van der Waals surface area contributed by atoms with Crippen LogP contribution in [0.1, 0.15) is 47.5 Å². The van der Waals surface area contributed by atoms with Crippen LogP contribution in [0.25, 0.3) is 0 Å². The van der Waals surface area contributed by atoms with Crippen LogP contribution in [0.5, 0.6) is 0 Å². The van der Waals surface area contributed by atoms with E-state index in [9.17, 15) is 0 Å². The Labute approximate surface area is 71.6 Å². The zero-order chi connectivity index (χ0) is 8.91. The van der Waals surface area contributed by atoms with E-state index < -0.39 is 0 Å². The highest BCUT2D eigenvalue weighted by molar-refractivity contribution is 4.71. The zero-order valence-corrected chi connectivity index (χ0v) is 8.70. The van der Waals surface area contributed by atoms with E-state index in [-0.39, 0.29) is 5.54 Å². The number of hydrogen-bond donors (Lipinski definition) is 1. The van der Waals surface area contributed by atoms with Gasteiger partial charge in [0.1, 0.15) is 0 Å². The van der Waals surface area contributed by atoms with Gasteiger partial charge in [-0.25, -0.2) is 0 Å². The fourth-order valence-electron chi connectivity index (χ4n) is 1.08. The molecular weight excluding hydrogens is 134 g/mol. The van der Waals surface area contributed by atoms with Crippen molar-refractivity contribution in [1.29, 1.82) is 0 Å². The summed E-state index contributed by atoms with van der Waals surface area (Å²) in [5.41, 5.74) is 0.280. The van der Waals surface area contributed by atoms with Crippen molar-refractivity contribution in [3.8, 4) is 0 Å². The summed E-state index contributed by atoms with van der Waals surface area (Å²) in [6.07, 6.45) is 2.63. The molecule has 0 aromatic rings. The van der Waals surface area contributed by atoms with Crippen molar-refractivity contribution in [3.05, 3.63) is 0 Å². The van der Waals surface area contributed by atoms with Gasteiger partial charge in [0, 0.05) is 5.54 Å². The number of rotatable bonds is 4. The lowest BCUT2D eigenvalue weighted by atomic mass is 10.0. The van der Waals surface area contributed by atoms with E-state index in [4.69, 9.17) is 0 Å². The van der Waals surface area contributed by atoms with Gasteiger partial charge in [-0.2, -0.15) is 0 Å². The Morgan fingerprint density at radius 2 is 1.82 bits per heavy atom. The summed E-state index contributed by atoms with van der Waals surface area (Å²) in [4.78, 5) is 0. The second-order valence-electron chi connectivity index (χ2n) is 4.52. The summed E-state index contributed by atoms with van der Waals surface area (Å²) in [5.74, 6) is 0.819. The van der Waals surface area contributed by atoms with Crippen LogP contribution in [-0.2, 0) is 0 Å². The minimum absolute atomic E-state index is 0.280. The molecule has 68 valence electrons. The first-order valence-corrected chi connectivity index (χ1v) is 4.70. The summed E-state index contributed by atoms with van der Waals surface area (Å²) < 4.78 is 0. The molecule has 1 nitrogen and oxygen atoms in total. The molecule has 0 fully saturated rings. The van der Waals surface area contributed by atoms with E-state index in [2.05, 4.69) is 39.9 Å². The Morgan fingerprint density at radius 1 is 1.27 bits per heavy atom. The second-order valence-corrected chi connectivity index (χ2v) is 4.52. The van der Waals surface area contributed by atoms with E-state index in [1.807, 2.05) is 0 Å². The maximum Gasteiger partial charge on any atom is 0.00966 e. The fraction of sp³-hybridized carbons (Fsp3) is 1.00. The third kappa shape index (κ3) is 7.86. The summed E-state index contributed by atoms with van der Waals surface area (Å²) in [6, 6.07) is 0. The molecular formula is C10H23N. The predicted molar refractivity (Wildman–Crippen MR) is 51.8 cm³/mol. The fourth-order valence-corrected chi connectivity index (χ4v) is 1.08. The van der Waals surface area contributed by atoms with Gasteiger partial charge in [0.25, 0.3) is 0 Å². The van der Waals surface area contributed by atoms with E-state index in [0.717, 1.165) is 12.5 Å². The van der Waals surface area contributed by atoms with Gasteiger partial charge in [0.05, 0.1) is 0 Å². The largest absolute Gasteiger partial charge is 0.312 e. The molecule has 0 saturated heterocycles. The van der Waals surface area contributed by atoms with Gasteiger partial charge in [-0.15, -0.1) is 0 Å². The van der Waals surface area contributed by atoms with Crippen molar-refractivity contribution in [3.63, 3.8) is 0 Å². The van der Waals surface area contributed by atoms with E-state index in [1.165, 1.54) is 12.8 Å². The minimum Gasteiger partial charge on any atom is -0.312 e. The molecule has 0 amide bonds. The van der Waals surface area contributed by atoms with Gasteiger partial charge in [-0.05, 0) is 39.7 Å². The highest BCUT2D eigenvalue weighted by Gasteiger charge is 2.09. The molecule has 0 aliphatic heterocycles. The predicted octanol–water partition coefficient (Wildman–Crippen LogP) is 2.81. The van der Waals surface area contributed by atoms with Gasteiger partial charge in [0.2, 0.25) is 0 Å². The lowest BCUT2D eigenvalue weighted by Crippen LogP contribution is -2.38. The topological polar surface area (TPSA) is 12.0 Å². The van der Waals surface area contributed by atoms with Crippen molar-refractivity contribution in [2.45, 2.75) is 53.0 Å². The molecule has 0 radical (unpaired) electrons. The molecule has 1 heteroatoms. The molecule has 0 rings (SSSR count). The van der Waals surface area contributed by atoms with Crippen LogP contribution in [0, 0.1) is 5.92 Å². The molecule has 0 heterocycles. The van der Waals surface area contributed by atoms with Crippen molar-refractivity contribution >= 4 is 0 Å². The van der Waals surface area contributed by atoms with E-state index in [0.29, 0.717) is 0 Å². The molecule has 0 aliphatic carbocycles. The van der Waals surface area contributed by atoms with E-state index in [1.54, 1.807) is 0 Å². The average molecular weight is 157 g/mol. The number of nitrogens with one attached hydrogen (secondary N) is 1. The molecule has 0 bridgehead atoms. The molecule has 1 N–H and O–H groups in total. The van der Waals surface area contributed by atoms with Crippen LogP contribution in [0.2, 0.25) is 0 Å². The van der Waals surface area contributed by atoms with Crippen LogP contribution in [0.15, 0.2) is 0 Å². The summed E-state index contributed by atoms with van der Waals surface area (Å²) in [6.45, 7) is 12.3. The smallest absolute Gasteiger partial charge is 0.00966 e. The lowest BCUT2D eigenvalue weighted by Gasteiger charge is -2.23. The highest BCUT2D eigenvalue weighted by atomic mass is 14.9. The third-order valence-electron chi connectivity index (χ3n) is 1.76. The Morgan fingerprint density at radius 3 is 2.18 bits per heavy atom. The maximum atomic E-state index is 3.51. The molecule has 11 heavy (non-hydrogen) atoms. The Hall–Kier alpha value is -0.0400. The average Bonchev–Trinajstić information content (AvgIpc) is 1.83. The van der Waals surface area contributed by atoms with Gasteiger partial charge in [-0.3, -0.25) is 0 Å². The molecule has 0 aromatic carbocycles. The van der Waals surface area contributed by atoms with Gasteiger partial charge in [-0.1, -0.05) is 20.3 Å². The lowest BCUT2D eigenvalue weighted by molar-refractivity contribution is 0.371. The van der Waals surface area contributed by atoms with Crippen molar-refractivity contribution in [2.75, 3.05) is 6.54 Å². The highest BCUT2D eigenvalue weighted by Crippen LogP contribution is 2.06. The summed E-state index contributed by atoms with van der Waals surface area (Å²) >= 11 is 0. The second kappa shape index (κ2) is 4.76. The first kappa shape index (κ1) is 11.0. The first-order chi connectivity index (χ1) is 4.95. The molecule has 0 aromatic heterocycles. The van der Waals surface area contributed by atoms with Crippen molar-refractivity contribution in [2.24, 2.45) is 5.92 Å². The monoisotopic (exact) mass is 157 g/mol. The van der Waals surface area contributed by atoms with E-state index >= 15 is 0 Å². The summed E-state index contributed by atoms with van der Waals surface area (Å²) in [7, 11) is 0. The minimum atomic E-state index is 0.280. The van der Waals surface area contributed by atoms with Crippen LogP contribution in [0.3, 0.4) is 0 Å². The first-order valence-electron chi connectivity index (χ1n) is 4.70. The molecule has 1 unspecified atom stereocenters.